The Morgan fingerprint density at radius 3 is 1.62 bits per heavy atom. The van der Waals surface area contributed by atoms with Crippen LogP contribution in [0.4, 0.5) is 0 Å². The van der Waals surface area contributed by atoms with Crippen molar-refractivity contribution in [2.24, 2.45) is 0 Å². The Kier molecular flexibility index (Phi) is 19.7. The molecule has 71 heavy (non-hydrogen) atoms. The number of thiophene rings is 4. The molecule has 0 saturated carbocycles. The highest BCUT2D eigenvalue weighted by Gasteiger charge is 2.49. The summed E-state index contributed by atoms with van der Waals surface area (Å²) in [5, 5.41) is 0. The lowest BCUT2D eigenvalue weighted by atomic mass is 9.96. The zero-order valence-electron chi connectivity index (χ0n) is 43.9. The number of hydrogen-bond donors (Lipinski definition) is 0. The molecule has 0 unspecified atom stereocenters. The standard InChI is InChI=1S/C63H80N2O2S4/c1-7-11-15-19-21-25-39-64-59(52-36-35-44(5)68-52)57-58(63(64)67)60(65(62(57)66)40-26-22-20-16-12-8-2)53-37-38-54(70-53)61-49(30-24-18-14-10-4)43-56(71-61)51-34-28-31-47-41-48(51)32-27-33-50(47)55-42-46(45(6)69-55)29-23-17-13-9-3/h27-28,31-38,42-43H,7-26,29-30,39-41H2,1-6H3. The van der Waals surface area contributed by atoms with E-state index in [-0.39, 0.29) is 11.8 Å². The Bertz CT molecular complexity index is 2710. The number of carbonyl (C=O) groups excluding carboxylic acids is 2. The number of hydrogen-bond acceptors (Lipinski definition) is 6. The second kappa shape index (κ2) is 26.2. The van der Waals surface area contributed by atoms with Crippen LogP contribution in [0.15, 0.2) is 95.1 Å². The van der Waals surface area contributed by atoms with E-state index >= 15 is 9.59 Å². The smallest absolute Gasteiger partial charge is 0.261 e. The second-order valence-corrected chi connectivity index (χ2v) is 25.0. The van der Waals surface area contributed by atoms with E-state index in [1.165, 1.54) is 165 Å². The van der Waals surface area contributed by atoms with Crippen LogP contribution in [-0.2, 0) is 22.4 Å². The Morgan fingerprint density at radius 2 is 1.01 bits per heavy atom. The van der Waals surface area contributed by atoms with Crippen molar-refractivity contribution in [1.82, 2.24) is 9.80 Å². The molecule has 0 atom stereocenters. The van der Waals surface area contributed by atoms with Crippen LogP contribution >= 0.6 is 45.3 Å². The molecule has 8 heteroatoms. The third-order valence-electron chi connectivity index (χ3n) is 14.8. The van der Waals surface area contributed by atoms with E-state index in [4.69, 9.17) is 0 Å². The Hall–Kier alpha value is -4.08. The van der Waals surface area contributed by atoms with Gasteiger partial charge >= 0.3 is 0 Å². The molecule has 0 saturated heterocycles. The molecule has 0 aromatic carbocycles. The van der Waals surface area contributed by atoms with Gasteiger partial charge in [0.25, 0.3) is 11.8 Å². The lowest BCUT2D eigenvalue weighted by molar-refractivity contribution is -0.124. The predicted molar refractivity (Wildman–Crippen MR) is 311 cm³/mol. The lowest BCUT2D eigenvalue weighted by Crippen LogP contribution is -2.30. The first kappa shape index (κ1) is 53.2. The van der Waals surface area contributed by atoms with Crippen molar-refractivity contribution in [3.05, 3.63) is 136 Å². The normalized spacial score (nSPS) is 15.8. The first-order valence-electron chi connectivity index (χ1n) is 27.8. The summed E-state index contributed by atoms with van der Waals surface area (Å²) < 4.78 is 0. The molecule has 2 aliphatic heterocycles. The molecule has 4 aliphatic rings. The van der Waals surface area contributed by atoms with Crippen molar-refractivity contribution >= 4 is 79.7 Å². The Balaban J connectivity index is 1.13. The molecule has 4 aromatic rings. The van der Waals surface area contributed by atoms with E-state index in [0.29, 0.717) is 24.2 Å². The minimum Gasteiger partial charge on any atom is -0.306 e. The third-order valence-corrected chi connectivity index (χ3v) is 19.5. The van der Waals surface area contributed by atoms with Crippen LogP contribution in [0.3, 0.4) is 0 Å². The summed E-state index contributed by atoms with van der Waals surface area (Å²) >= 11 is 7.35. The second-order valence-electron chi connectivity index (χ2n) is 20.4. The van der Waals surface area contributed by atoms with Gasteiger partial charge < -0.3 is 9.80 Å². The zero-order valence-corrected chi connectivity index (χ0v) is 47.2. The highest BCUT2D eigenvalue weighted by atomic mass is 32.1. The molecule has 0 N–H and O–H groups in total. The highest BCUT2D eigenvalue weighted by molar-refractivity contribution is 7.23. The van der Waals surface area contributed by atoms with Crippen LogP contribution in [0.5, 0.6) is 0 Å². The average Bonchev–Trinajstić information content (AvgIpc) is 4.22. The summed E-state index contributed by atoms with van der Waals surface area (Å²) in [6, 6.07) is 13.7. The summed E-state index contributed by atoms with van der Waals surface area (Å²) in [7, 11) is 0. The summed E-state index contributed by atoms with van der Waals surface area (Å²) in [4.78, 5) is 44.1. The summed E-state index contributed by atoms with van der Waals surface area (Å²) in [5.74, 6) is 0.00204. The van der Waals surface area contributed by atoms with Crippen LogP contribution in [-0.4, -0.2) is 34.7 Å². The molecule has 6 heterocycles. The molecule has 2 bridgehead atoms. The topological polar surface area (TPSA) is 40.6 Å². The zero-order chi connectivity index (χ0) is 49.7. The van der Waals surface area contributed by atoms with Crippen molar-refractivity contribution in [1.29, 1.82) is 0 Å². The number of amides is 2. The van der Waals surface area contributed by atoms with Crippen molar-refractivity contribution in [3.8, 4) is 9.75 Å². The van der Waals surface area contributed by atoms with Crippen LogP contribution < -0.4 is 0 Å². The Labute approximate surface area is 443 Å². The van der Waals surface area contributed by atoms with Gasteiger partial charge in [-0.1, -0.05) is 167 Å². The van der Waals surface area contributed by atoms with Gasteiger partial charge in [-0.15, -0.1) is 45.3 Å². The number of allylic oxidation sites excluding steroid dienone is 10. The maximum absolute atomic E-state index is 15.1. The molecule has 2 aliphatic carbocycles. The SMILES string of the molecule is CCCCCCCCN1C(=O)C2=C(c3ccc(-c4sc(C5=C6C=CC=C(c7cc(CCCCCC)c(C)s7)C(=CC=C5)C6)cc4CCCCCC)s3)N(CCCCCCCC)C(=O)C2=C1c1ccc(C)s1. The summed E-state index contributed by atoms with van der Waals surface area (Å²) in [6.07, 6.45) is 40.9. The average molecular weight is 1030 g/mol. The number of rotatable bonds is 29. The number of carbonyl (C=O) groups is 2. The fraction of sp³-hybridized carbons (Fsp3) is 0.492. The van der Waals surface area contributed by atoms with Gasteiger partial charge in [0.1, 0.15) is 0 Å². The van der Waals surface area contributed by atoms with Gasteiger partial charge in [0.15, 0.2) is 0 Å². The van der Waals surface area contributed by atoms with E-state index in [1.54, 1.807) is 22.7 Å². The third kappa shape index (κ3) is 12.6. The number of aryl methyl sites for hydroxylation is 4. The molecular formula is C63H80N2O2S4. The van der Waals surface area contributed by atoms with Gasteiger partial charge in [-0.05, 0) is 129 Å². The molecule has 4 aromatic heterocycles. The molecule has 0 spiro atoms. The van der Waals surface area contributed by atoms with Gasteiger partial charge in [-0.2, -0.15) is 0 Å². The number of nitrogens with zero attached hydrogens (tertiary/aromatic N) is 2. The maximum Gasteiger partial charge on any atom is 0.261 e. The van der Waals surface area contributed by atoms with Crippen molar-refractivity contribution in [2.45, 2.75) is 189 Å². The van der Waals surface area contributed by atoms with Crippen LogP contribution in [0, 0.1) is 13.8 Å². The first-order chi connectivity index (χ1) is 34.8. The van der Waals surface area contributed by atoms with Crippen LogP contribution in [0.25, 0.3) is 32.3 Å². The van der Waals surface area contributed by atoms with E-state index in [0.717, 1.165) is 66.1 Å². The van der Waals surface area contributed by atoms with E-state index in [9.17, 15) is 0 Å². The van der Waals surface area contributed by atoms with E-state index in [1.807, 2.05) is 32.5 Å². The minimum atomic E-state index is 0.00102. The lowest BCUT2D eigenvalue weighted by Gasteiger charge is -2.24. The van der Waals surface area contributed by atoms with Crippen molar-refractivity contribution < 1.29 is 9.59 Å². The highest BCUT2D eigenvalue weighted by Crippen LogP contribution is 2.51. The largest absolute Gasteiger partial charge is 0.306 e. The number of fused-ring (bicyclic) bond motifs is 3. The molecule has 378 valence electrons. The molecule has 8 rings (SSSR count). The molecule has 2 amide bonds. The van der Waals surface area contributed by atoms with Gasteiger partial charge in [0.2, 0.25) is 0 Å². The molecule has 4 nitrogen and oxygen atoms in total. The monoisotopic (exact) mass is 1020 g/mol. The minimum absolute atomic E-state index is 0.00102. The van der Waals surface area contributed by atoms with E-state index < -0.39 is 0 Å². The number of unbranched alkanes of at least 4 members (excludes halogenated alkanes) is 16. The van der Waals surface area contributed by atoms with Gasteiger partial charge in [0, 0.05) is 42.4 Å². The summed E-state index contributed by atoms with van der Waals surface area (Å²) in [6.45, 7) is 14.8. The van der Waals surface area contributed by atoms with E-state index in [2.05, 4.69) is 114 Å². The molecular weight excluding hydrogens is 945 g/mol. The van der Waals surface area contributed by atoms with Gasteiger partial charge in [-0.3, -0.25) is 9.59 Å². The van der Waals surface area contributed by atoms with Gasteiger partial charge in [-0.25, -0.2) is 0 Å². The van der Waals surface area contributed by atoms with Crippen molar-refractivity contribution in [2.75, 3.05) is 13.1 Å². The predicted octanol–water partition coefficient (Wildman–Crippen LogP) is 19.3. The van der Waals surface area contributed by atoms with Crippen LogP contribution in [0.1, 0.15) is 203 Å². The fourth-order valence-corrected chi connectivity index (χ4v) is 15.4. The quantitative estimate of drug-likeness (QED) is 0.0509. The Morgan fingerprint density at radius 1 is 0.493 bits per heavy atom. The fourth-order valence-electron chi connectivity index (χ4n) is 10.8. The van der Waals surface area contributed by atoms with Crippen LogP contribution in [0.2, 0.25) is 0 Å². The summed E-state index contributed by atoms with van der Waals surface area (Å²) in [5.41, 5.74) is 11.3. The first-order valence-corrected chi connectivity index (χ1v) is 31.0. The maximum atomic E-state index is 15.1. The van der Waals surface area contributed by atoms with Crippen molar-refractivity contribution in [3.63, 3.8) is 0 Å². The molecule has 0 radical (unpaired) electrons. The van der Waals surface area contributed by atoms with Gasteiger partial charge in [0.05, 0.1) is 32.3 Å². The molecule has 0 fully saturated rings.